The SMILES string of the molecule is C=C/C=C1\C(=C/C)C(=O)NC1(/C(C=C)=C/C=C(C)C)C(/C=C\C(=C)C)=C/C.CC.CC.CC. The fraction of sp³-hybridized carbons (Fsp3) is 0.387. The number of hydrogen-bond acceptors (Lipinski definition) is 1. The summed E-state index contributed by atoms with van der Waals surface area (Å²) in [5.41, 5.74) is 4.59. The molecule has 1 aliphatic rings. The molecule has 1 heterocycles. The first kappa shape index (κ1) is 34.7. The van der Waals surface area contributed by atoms with Gasteiger partial charge in [-0.25, -0.2) is 0 Å². The van der Waals surface area contributed by atoms with E-state index in [0.29, 0.717) is 5.57 Å². The van der Waals surface area contributed by atoms with Crippen molar-refractivity contribution >= 4 is 5.91 Å². The lowest BCUT2D eigenvalue weighted by atomic mass is 9.75. The van der Waals surface area contributed by atoms with Gasteiger partial charge in [0, 0.05) is 5.57 Å². The van der Waals surface area contributed by atoms with Crippen molar-refractivity contribution in [2.45, 2.75) is 81.7 Å². The first-order valence-electron chi connectivity index (χ1n) is 12.1. The molecule has 2 heteroatoms. The van der Waals surface area contributed by atoms with Crippen LogP contribution in [0.2, 0.25) is 0 Å². The van der Waals surface area contributed by atoms with E-state index in [1.54, 1.807) is 12.2 Å². The third-order valence-electron chi connectivity index (χ3n) is 4.35. The van der Waals surface area contributed by atoms with Crippen molar-refractivity contribution in [1.29, 1.82) is 0 Å². The second-order valence-electron chi connectivity index (χ2n) is 6.72. The molecular weight excluding hydrogens is 402 g/mol. The smallest absolute Gasteiger partial charge is 0.252 e. The van der Waals surface area contributed by atoms with Crippen LogP contribution in [0.15, 0.2) is 108 Å². The van der Waals surface area contributed by atoms with Crippen molar-refractivity contribution in [1.82, 2.24) is 5.32 Å². The third kappa shape index (κ3) is 9.65. The van der Waals surface area contributed by atoms with E-state index in [0.717, 1.165) is 27.9 Å². The number of allylic oxidation sites excluding steroid dienone is 9. The van der Waals surface area contributed by atoms with Crippen LogP contribution >= 0.6 is 0 Å². The van der Waals surface area contributed by atoms with Crippen LogP contribution in [0.25, 0.3) is 0 Å². The number of amides is 1. The second-order valence-corrected chi connectivity index (χ2v) is 6.72. The van der Waals surface area contributed by atoms with Gasteiger partial charge in [-0.3, -0.25) is 4.79 Å². The molecule has 2 nitrogen and oxygen atoms in total. The zero-order valence-corrected chi connectivity index (χ0v) is 23.2. The Morgan fingerprint density at radius 2 is 1.42 bits per heavy atom. The van der Waals surface area contributed by atoms with Gasteiger partial charge >= 0.3 is 0 Å². The minimum absolute atomic E-state index is 0.112. The summed E-state index contributed by atoms with van der Waals surface area (Å²) >= 11 is 0. The predicted octanol–water partition coefficient (Wildman–Crippen LogP) is 9.15. The lowest BCUT2D eigenvalue weighted by molar-refractivity contribution is -0.116. The van der Waals surface area contributed by atoms with Gasteiger partial charge in [-0.1, -0.05) is 127 Å². The minimum atomic E-state index is -0.832. The van der Waals surface area contributed by atoms with Crippen LogP contribution in [0.4, 0.5) is 0 Å². The number of carbonyl (C=O) groups excluding carboxylic acids is 1. The van der Waals surface area contributed by atoms with Crippen molar-refractivity contribution in [3.63, 3.8) is 0 Å². The maximum absolute atomic E-state index is 12.8. The molecular formula is C31H49NO. The van der Waals surface area contributed by atoms with E-state index in [1.807, 2.05) is 119 Å². The Hall–Kier alpha value is -2.87. The summed E-state index contributed by atoms with van der Waals surface area (Å²) in [6.45, 7) is 33.7. The summed E-state index contributed by atoms with van der Waals surface area (Å²) in [4.78, 5) is 12.8. The van der Waals surface area contributed by atoms with Crippen LogP contribution in [-0.2, 0) is 4.79 Å². The summed E-state index contributed by atoms with van der Waals surface area (Å²) in [5, 5.41) is 3.21. The van der Waals surface area contributed by atoms with Crippen LogP contribution in [-0.4, -0.2) is 11.4 Å². The molecule has 0 radical (unpaired) electrons. The van der Waals surface area contributed by atoms with Gasteiger partial charge in [0.15, 0.2) is 0 Å². The zero-order chi connectivity index (χ0) is 26.6. The molecule has 0 saturated carbocycles. The van der Waals surface area contributed by atoms with Crippen molar-refractivity contribution in [3.05, 3.63) is 108 Å². The van der Waals surface area contributed by atoms with E-state index in [1.165, 1.54) is 0 Å². The van der Waals surface area contributed by atoms with Crippen LogP contribution in [0.3, 0.4) is 0 Å². The highest BCUT2D eigenvalue weighted by Crippen LogP contribution is 2.43. The van der Waals surface area contributed by atoms with Crippen LogP contribution in [0.1, 0.15) is 76.2 Å². The van der Waals surface area contributed by atoms with E-state index in [4.69, 9.17) is 0 Å². The Balaban J connectivity index is -0.00000138. The van der Waals surface area contributed by atoms with E-state index in [-0.39, 0.29) is 5.91 Å². The van der Waals surface area contributed by atoms with Gasteiger partial charge in [0.2, 0.25) is 0 Å². The van der Waals surface area contributed by atoms with Crippen molar-refractivity contribution in [2.24, 2.45) is 0 Å². The monoisotopic (exact) mass is 451 g/mol. The molecule has 33 heavy (non-hydrogen) atoms. The Bertz CT molecular complexity index is 821. The van der Waals surface area contributed by atoms with E-state index in [9.17, 15) is 4.79 Å². The van der Waals surface area contributed by atoms with Crippen molar-refractivity contribution < 1.29 is 4.79 Å². The largest absolute Gasteiger partial charge is 0.334 e. The fourth-order valence-electron chi connectivity index (χ4n) is 3.14. The van der Waals surface area contributed by atoms with Crippen LogP contribution < -0.4 is 5.32 Å². The topological polar surface area (TPSA) is 29.1 Å². The lowest BCUT2D eigenvalue weighted by Crippen LogP contribution is -2.45. The molecule has 1 saturated heterocycles. The molecule has 1 fully saturated rings. The Kier molecular flexibility index (Phi) is 20.8. The minimum Gasteiger partial charge on any atom is -0.334 e. The Morgan fingerprint density at radius 3 is 1.79 bits per heavy atom. The normalized spacial score (nSPS) is 19.9. The van der Waals surface area contributed by atoms with Gasteiger partial charge in [0.05, 0.1) is 0 Å². The van der Waals surface area contributed by atoms with Gasteiger partial charge < -0.3 is 5.32 Å². The molecule has 184 valence electrons. The average Bonchev–Trinajstić information content (AvgIpc) is 3.10. The summed E-state index contributed by atoms with van der Waals surface area (Å²) in [5.74, 6) is -0.112. The lowest BCUT2D eigenvalue weighted by Gasteiger charge is -2.34. The number of carbonyl (C=O) groups is 1. The van der Waals surface area contributed by atoms with E-state index >= 15 is 0 Å². The van der Waals surface area contributed by atoms with Gasteiger partial charge in [0.1, 0.15) is 5.54 Å². The Labute approximate surface area is 205 Å². The van der Waals surface area contributed by atoms with Crippen molar-refractivity contribution in [3.8, 4) is 0 Å². The van der Waals surface area contributed by atoms with E-state index in [2.05, 4.69) is 25.1 Å². The molecule has 1 unspecified atom stereocenters. The zero-order valence-electron chi connectivity index (χ0n) is 23.2. The molecule has 1 amide bonds. The van der Waals surface area contributed by atoms with Crippen LogP contribution in [0, 0.1) is 0 Å². The molecule has 0 aliphatic carbocycles. The number of rotatable bonds is 7. The highest BCUT2D eigenvalue weighted by molar-refractivity contribution is 6.05. The first-order chi connectivity index (χ1) is 15.8. The van der Waals surface area contributed by atoms with Gasteiger partial charge in [-0.2, -0.15) is 0 Å². The maximum Gasteiger partial charge on any atom is 0.252 e. The molecule has 0 aromatic carbocycles. The molecule has 0 aromatic heterocycles. The number of nitrogens with one attached hydrogen (secondary N) is 1. The highest BCUT2D eigenvalue weighted by Gasteiger charge is 2.48. The molecule has 1 rings (SSSR count). The standard InChI is InChI=1S/C25H31NO.3C2H6/c1-9-13-23-22(12-4)24(27)26-25(23,20(10-2)16-14-18(5)6)21(11-3)17-15-19(7)8;3*1-2/h9-17H,1-2,7H2,3-6,8H3,(H,26,27);3*1-2H3/b17-15-,20-16+,21-11+,22-12+,23-13+;;;. The van der Waals surface area contributed by atoms with Gasteiger partial charge in [0.25, 0.3) is 5.91 Å². The Morgan fingerprint density at radius 1 is 0.879 bits per heavy atom. The molecule has 0 bridgehead atoms. The molecule has 1 atom stereocenters. The summed E-state index contributed by atoms with van der Waals surface area (Å²) in [7, 11) is 0. The summed E-state index contributed by atoms with van der Waals surface area (Å²) in [6, 6.07) is 0. The van der Waals surface area contributed by atoms with Crippen molar-refractivity contribution in [2.75, 3.05) is 0 Å². The quantitative estimate of drug-likeness (QED) is 0.303. The van der Waals surface area contributed by atoms with E-state index < -0.39 is 5.54 Å². The highest BCUT2D eigenvalue weighted by atomic mass is 16.2. The molecule has 0 aromatic rings. The van der Waals surface area contributed by atoms with Gasteiger partial charge in [-0.15, -0.1) is 0 Å². The third-order valence-corrected chi connectivity index (χ3v) is 4.35. The van der Waals surface area contributed by atoms with Gasteiger partial charge in [-0.05, 0) is 51.3 Å². The molecule has 1 aliphatic heterocycles. The summed E-state index contributed by atoms with van der Waals surface area (Å²) in [6.07, 6.45) is 17.2. The summed E-state index contributed by atoms with van der Waals surface area (Å²) < 4.78 is 0. The molecule has 0 spiro atoms. The number of hydrogen-bond donors (Lipinski definition) is 1. The fourth-order valence-corrected chi connectivity index (χ4v) is 3.14. The molecule has 1 N–H and O–H groups in total. The van der Waals surface area contributed by atoms with Crippen LogP contribution in [0.5, 0.6) is 0 Å². The second kappa shape index (κ2) is 19.8. The predicted molar refractivity (Wildman–Crippen MR) is 152 cm³/mol. The average molecular weight is 452 g/mol. The maximum atomic E-state index is 12.8. The first-order valence-corrected chi connectivity index (χ1v) is 12.1.